The van der Waals surface area contributed by atoms with Crippen molar-refractivity contribution in [1.82, 2.24) is 19.7 Å². The van der Waals surface area contributed by atoms with Gasteiger partial charge in [0.25, 0.3) is 0 Å². The highest BCUT2D eigenvalue weighted by Gasteiger charge is 2.27. The molecule has 0 spiro atoms. The molecule has 8 nitrogen and oxygen atoms in total. The molecule has 2 aromatic rings. The Morgan fingerprint density at radius 1 is 1.11 bits per heavy atom. The lowest BCUT2D eigenvalue weighted by molar-refractivity contribution is -0.117. The Kier molecular flexibility index (Phi) is 4.84. The number of aliphatic hydroxyl groups excluding tert-OH is 1. The van der Waals surface area contributed by atoms with Gasteiger partial charge < -0.3 is 14.9 Å². The third-order valence-corrected chi connectivity index (χ3v) is 5.56. The van der Waals surface area contributed by atoms with E-state index in [2.05, 4.69) is 15.1 Å². The van der Waals surface area contributed by atoms with Gasteiger partial charge in [0.15, 0.2) is 0 Å². The van der Waals surface area contributed by atoms with E-state index < -0.39 is 0 Å². The van der Waals surface area contributed by atoms with E-state index in [1.54, 1.807) is 4.90 Å². The van der Waals surface area contributed by atoms with Gasteiger partial charge in [-0.3, -0.25) is 14.3 Å². The minimum atomic E-state index is -0.184. The Morgan fingerprint density at radius 2 is 1.85 bits per heavy atom. The molecule has 1 N–H and O–H groups in total. The first-order valence-corrected chi connectivity index (χ1v) is 9.41. The fourth-order valence-electron chi connectivity index (χ4n) is 3.82. The lowest BCUT2D eigenvalue weighted by Gasteiger charge is -2.29. The fraction of sp³-hybridized carbons (Fsp3) is 0.526. The van der Waals surface area contributed by atoms with Crippen molar-refractivity contribution in [3.63, 3.8) is 0 Å². The summed E-state index contributed by atoms with van der Waals surface area (Å²) in [5.74, 6) is 1.62. The summed E-state index contributed by atoms with van der Waals surface area (Å²) in [7, 11) is 3.77. The molecular weight excluding hydrogens is 344 g/mol. The van der Waals surface area contributed by atoms with Crippen LogP contribution in [0.1, 0.15) is 24.2 Å². The first-order chi connectivity index (χ1) is 13.0. The molecule has 2 aliphatic rings. The Hall–Kier alpha value is -2.45. The van der Waals surface area contributed by atoms with Gasteiger partial charge in [0.05, 0.1) is 12.6 Å². The quantitative estimate of drug-likeness (QED) is 0.859. The van der Waals surface area contributed by atoms with Crippen LogP contribution in [0.15, 0.2) is 24.3 Å². The molecule has 1 saturated heterocycles. The molecule has 4 rings (SSSR count). The van der Waals surface area contributed by atoms with E-state index in [9.17, 15) is 9.90 Å². The Labute approximate surface area is 159 Å². The molecule has 1 amide bonds. The number of rotatable bonds is 3. The molecule has 0 atom stereocenters. The third-order valence-electron chi connectivity index (χ3n) is 5.56. The van der Waals surface area contributed by atoms with Crippen molar-refractivity contribution in [2.24, 2.45) is 7.05 Å². The standard InChI is InChI=1S/C19H26N6O2/c1-22-16-6-4-3-5-14(16)11-25(13-18(22)27)19-21-20-17(23(19)2)12-24-9-7-15(26)8-10-24/h3-6,15,26H,7-13H2,1-2H3. The summed E-state index contributed by atoms with van der Waals surface area (Å²) in [5.41, 5.74) is 2.04. The minimum absolute atomic E-state index is 0.0366. The summed E-state index contributed by atoms with van der Waals surface area (Å²) in [6.07, 6.45) is 1.42. The van der Waals surface area contributed by atoms with Crippen molar-refractivity contribution in [3.8, 4) is 0 Å². The van der Waals surface area contributed by atoms with Crippen molar-refractivity contribution in [2.75, 3.05) is 36.5 Å². The summed E-state index contributed by atoms with van der Waals surface area (Å²) in [6.45, 7) is 3.32. The number of anilines is 2. The van der Waals surface area contributed by atoms with Gasteiger partial charge in [-0.05, 0) is 24.5 Å². The number of fused-ring (bicyclic) bond motifs is 1. The number of amides is 1. The molecule has 144 valence electrons. The molecule has 0 saturated carbocycles. The van der Waals surface area contributed by atoms with Crippen LogP contribution in [0.5, 0.6) is 0 Å². The number of carbonyl (C=O) groups excluding carboxylic acids is 1. The van der Waals surface area contributed by atoms with E-state index >= 15 is 0 Å². The van der Waals surface area contributed by atoms with E-state index in [1.807, 2.05) is 47.8 Å². The highest BCUT2D eigenvalue weighted by atomic mass is 16.3. The van der Waals surface area contributed by atoms with E-state index in [4.69, 9.17) is 0 Å². The zero-order valence-corrected chi connectivity index (χ0v) is 15.9. The monoisotopic (exact) mass is 370 g/mol. The predicted molar refractivity (Wildman–Crippen MR) is 102 cm³/mol. The molecule has 1 aromatic carbocycles. The third kappa shape index (κ3) is 3.54. The SMILES string of the molecule is CN1C(=O)CN(c2nnc(CN3CCC(O)CC3)n2C)Cc2ccccc21. The van der Waals surface area contributed by atoms with Gasteiger partial charge in [-0.15, -0.1) is 10.2 Å². The number of hydrogen-bond acceptors (Lipinski definition) is 6. The molecule has 0 radical (unpaired) electrons. The first-order valence-electron chi connectivity index (χ1n) is 9.41. The number of hydrogen-bond donors (Lipinski definition) is 1. The van der Waals surface area contributed by atoms with Gasteiger partial charge in [0.1, 0.15) is 12.4 Å². The van der Waals surface area contributed by atoms with Crippen LogP contribution >= 0.6 is 0 Å². The average Bonchev–Trinajstić information content (AvgIpc) is 2.97. The summed E-state index contributed by atoms with van der Waals surface area (Å²) in [5, 5.41) is 18.4. The van der Waals surface area contributed by atoms with Crippen molar-refractivity contribution < 1.29 is 9.90 Å². The summed E-state index contributed by atoms with van der Waals surface area (Å²) in [4.78, 5) is 18.6. The molecule has 0 bridgehead atoms. The number of aromatic nitrogens is 3. The largest absolute Gasteiger partial charge is 0.393 e. The van der Waals surface area contributed by atoms with E-state index in [0.29, 0.717) is 19.0 Å². The van der Waals surface area contributed by atoms with E-state index in [-0.39, 0.29) is 18.6 Å². The number of likely N-dealkylation sites (N-methyl/N-ethyl adjacent to an activating group) is 1. The van der Waals surface area contributed by atoms with Gasteiger partial charge in [-0.2, -0.15) is 0 Å². The molecule has 2 aliphatic heterocycles. The van der Waals surface area contributed by atoms with E-state index in [1.165, 1.54) is 0 Å². The summed E-state index contributed by atoms with van der Waals surface area (Å²) in [6, 6.07) is 7.97. The van der Waals surface area contributed by atoms with Crippen molar-refractivity contribution in [2.45, 2.75) is 32.0 Å². The second-order valence-corrected chi connectivity index (χ2v) is 7.42. The molecule has 0 unspecified atom stereocenters. The highest BCUT2D eigenvalue weighted by Crippen LogP contribution is 2.27. The normalized spacial score (nSPS) is 19.3. The van der Waals surface area contributed by atoms with Crippen LogP contribution < -0.4 is 9.80 Å². The lowest BCUT2D eigenvalue weighted by atomic mass is 10.1. The number of carbonyl (C=O) groups is 1. The van der Waals surface area contributed by atoms with Gasteiger partial charge in [-0.1, -0.05) is 18.2 Å². The Morgan fingerprint density at radius 3 is 2.63 bits per heavy atom. The molecular formula is C19H26N6O2. The molecule has 1 fully saturated rings. The highest BCUT2D eigenvalue weighted by molar-refractivity contribution is 5.97. The Balaban J connectivity index is 1.55. The Bertz CT molecular complexity index is 827. The van der Waals surface area contributed by atoms with Crippen LogP contribution in [-0.2, 0) is 24.9 Å². The second kappa shape index (κ2) is 7.28. The summed E-state index contributed by atoms with van der Waals surface area (Å²) >= 11 is 0. The van der Waals surface area contributed by atoms with Crippen molar-refractivity contribution >= 4 is 17.5 Å². The van der Waals surface area contributed by atoms with Gasteiger partial charge >= 0.3 is 0 Å². The zero-order valence-electron chi connectivity index (χ0n) is 15.9. The number of benzene rings is 1. The minimum Gasteiger partial charge on any atom is -0.393 e. The molecule has 0 aliphatic carbocycles. The smallest absolute Gasteiger partial charge is 0.246 e. The van der Waals surface area contributed by atoms with Crippen LogP contribution in [0.2, 0.25) is 0 Å². The van der Waals surface area contributed by atoms with Crippen LogP contribution in [0.4, 0.5) is 11.6 Å². The maximum Gasteiger partial charge on any atom is 0.246 e. The number of nitrogens with zero attached hydrogens (tertiary/aromatic N) is 6. The fourth-order valence-corrected chi connectivity index (χ4v) is 3.82. The number of aliphatic hydroxyl groups is 1. The van der Waals surface area contributed by atoms with Gasteiger partial charge in [0.2, 0.25) is 11.9 Å². The lowest BCUT2D eigenvalue weighted by Crippen LogP contribution is -2.37. The molecule has 1 aromatic heterocycles. The van der Waals surface area contributed by atoms with Gasteiger partial charge in [0, 0.05) is 39.4 Å². The second-order valence-electron chi connectivity index (χ2n) is 7.42. The zero-order chi connectivity index (χ0) is 19.0. The predicted octanol–water partition coefficient (Wildman–Crippen LogP) is 0.755. The molecule has 3 heterocycles. The molecule has 27 heavy (non-hydrogen) atoms. The van der Waals surface area contributed by atoms with Gasteiger partial charge in [-0.25, -0.2) is 0 Å². The maximum atomic E-state index is 12.6. The number of piperidine rings is 1. The van der Waals surface area contributed by atoms with Crippen molar-refractivity contribution in [3.05, 3.63) is 35.7 Å². The topological polar surface area (TPSA) is 77.7 Å². The number of likely N-dealkylation sites (tertiary alicyclic amines) is 1. The van der Waals surface area contributed by atoms with Crippen LogP contribution in [0, 0.1) is 0 Å². The first kappa shape index (κ1) is 17.9. The van der Waals surface area contributed by atoms with Crippen molar-refractivity contribution in [1.29, 1.82) is 0 Å². The average molecular weight is 370 g/mol. The van der Waals surface area contributed by atoms with E-state index in [0.717, 1.165) is 43.0 Å². The van der Waals surface area contributed by atoms with Crippen LogP contribution in [0.25, 0.3) is 0 Å². The number of para-hydroxylation sites is 1. The molecule has 8 heteroatoms. The van der Waals surface area contributed by atoms with Crippen LogP contribution in [0.3, 0.4) is 0 Å². The van der Waals surface area contributed by atoms with Crippen LogP contribution in [-0.4, -0.2) is 63.5 Å². The maximum absolute atomic E-state index is 12.6. The summed E-state index contributed by atoms with van der Waals surface area (Å²) < 4.78 is 1.98.